The van der Waals surface area contributed by atoms with Crippen molar-refractivity contribution in [1.29, 1.82) is 0 Å². The smallest absolute Gasteiger partial charge is 0.230 e. The molecule has 1 heterocycles. The zero-order valence-corrected chi connectivity index (χ0v) is 14.1. The molecule has 0 aliphatic carbocycles. The number of unbranched alkanes of at least 4 members (excludes halogenated alkanes) is 3. The summed E-state index contributed by atoms with van der Waals surface area (Å²) in [5, 5.41) is 2.98. The Morgan fingerprint density at radius 3 is 3.05 bits per heavy atom. The molecule has 0 unspecified atom stereocenters. The summed E-state index contributed by atoms with van der Waals surface area (Å²) in [5.74, 6) is 1.52. The van der Waals surface area contributed by atoms with E-state index >= 15 is 0 Å². The third kappa shape index (κ3) is 5.75. The predicted octanol–water partition coefficient (Wildman–Crippen LogP) is 4.35. The second kappa shape index (κ2) is 9.15. The third-order valence-electron chi connectivity index (χ3n) is 3.23. The molecule has 1 aliphatic heterocycles. The van der Waals surface area contributed by atoms with E-state index in [-0.39, 0.29) is 5.91 Å². The van der Waals surface area contributed by atoms with Crippen molar-refractivity contribution in [1.82, 2.24) is 5.32 Å². The van der Waals surface area contributed by atoms with Crippen LogP contribution >= 0.6 is 23.5 Å². The molecule has 1 aromatic carbocycles. The van der Waals surface area contributed by atoms with Gasteiger partial charge in [-0.3, -0.25) is 4.79 Å². The molecule has 21 heavy (non-hydrogen) atoms. The lowest BCUT2D eigenvalue weighted by atomic mass is 10.2. The largest absolute Gasteiger partial charge is 0.355 e. The predicted molar refractivity (Wildman–Crippen MR) is 94.4 cm³/mol. The number of para-hydroxylation sites is 1. The van der Waals surface area contributed by atoms with Gasteiger partial charge in [0.15, 0.2) is 0 Å². The molecule has 5 heteroatoms. The molecule has 3 nitrogen and oxygen atoms in total. The minimum atomic E-state index is 0.110. The first-order valence-electron chi connectivity index (χ1n) is 7.48. The van der Waals surface area contributed by atoms with Gasteiger partial charge in [0.1, 0.15) is 4.38 Å². The average molecular weight is 322 g/mol. The molecule has 1 amide bonds. The van der Waals surface area contributed by atoms with Gasteiger partial charge in [-0.2, -0.15) is 0 Å². The number of carbonyl (C=O) groups is 1. The van der Waals surface area contributed by atoms with Crippen LogP contribution in [0.15, 0.2) is 29.3 Å². The first-order valence-corrected chi connectivity index (χ1v) is 9.45. The SMILES string of the molecule is CCCCCCNC(=O)CSC1=Nc2ccccc2CS1. The third-order valence-corrected chi connectivity index (χ3v) is 5.48. The van der Waals surface area contributed by atoms with Gasteiger partial charge in [-0.05, 0) is 18.1 Å². The molecule has 2 rings (SSSR count). The fraction of sp³-hybridized carbons (Fsp3) is 0.500. The summed E-state index contributed by atoms with van der Waals surface area (Å²) < 4.78 is 0.995. The molecule has 0 bridgehead atoms. The number of nitrogens with zero attached hydrogens (tertiary/aromatic N) is 1. The Morgan fingerprint density at radius 1 is 1.33 bits per heavy atom. The van der Waals surface area contributed by atoms with Crippen molar-refractivity contribution < 1.29 is 4.79 Å². The van der Waals surface area contributed by atoms with Crippen molar-refractivity contribution in [3.63, 3.8) is 0 Å². The average Bonchev–Trinajstić information content (AvgIpc) is 2.52. The maximum atomic E-state index is 11.8. The van der Waals surface area contributed by atoms with E-state index in [9.17, 15) is 4.79 Å². The van der Waals surface area contributed by atoms with Crippen LogP contribution in [0.5, 0.6) is 0 Å². The molecule has 0 atom stereocenters. The minimum absolute atomic E-state index is 0.110. The molecule has 1 aromatic rings. The van der Waals surface area contributed by atoms with Gasteiger partial charge in [0.2, 0.25) is 5.91 Å². The van der Waals surface area contributed by atoms with Crippen LogP contribution in [0.2, 0.25) is 0 Å². The van der Waals surface area contributed by atoms with Crippen molar-refractivity contribution >= 4 is 39.5 Å². The van der Waals surface area contributed by atoms with E-state index in [1.165, 1.54) is 36.6 Å². The number of thioether (sulfide) groups is 2. The minimum Gasteiger partial charge on any atom is -0.355 e. The van der Waals surface area contributed by atoms with E-state index in [1.807, 2.05) is 18.2 Å². The van der Waals surface area contributed by atoms with Gasteiger partial charge in [-0.15, -0.1) is 0 Å². The van der Waals surface area contributed by atoms with Gasteiger partial charge in [-0.25, -0.2) is 4.99 Å². The second-order valence-electron chi connectivity index (χ2n) is 4.99. The van der Waals surface area contributed by atoms with Crippen LogP contribution in [0.3, 0.4) is 0 Å². The number of nitrogens with one attached hydrogen (secondary N) is 1. The Balaban J connectivity index is 1.69. The van der Waals surface area contributed by atoms with E-state index in [4.69, 9.17) is 0 Å². The van der Waals surface area contributed by atoms with Gasteiger partial charge in [0.05, 0.1) is 11.4 Å². The number of hydrogen-bond acceptors (Lipinski definition) is 4. The monoisotopic (exact) mass is 322 g/mol. The van der Waals surface area contributed by atoms with Crippen LogP contribution < -0.4 is 5.32 Å². The number of amides is 1. The maximum Gasteiger partial charge on any atom is 0.230 e. The van der Waals surface area contributed by atoms with Crippen molar-refractivity contribution in [2.24, 2.45) is 4.99 Å². The first-order chi connectivity index (χ1) is 10.3. The molecular formula is C16H22N2OS2. The summed E-state index contributed by atoms with van der Waals surface area (Å²) in [5.41, 5.74) is 2.31. The Hall–Kier alpha value is -0.940. The molecule has 0 fully saturated rings. The van der Waals surface area contributed by atoms with Crippen molar-refractivity contribution in [2.45, 2.75) is 38.4 Å². The topological polar surface area (TPSA) is 41.5 Å². The highest BCUT2D eigenvalue weighted by atomic mass is 32.2. The molecule has 0 spiro atoms. The number of hydrogen-bond donors (Lipinski definition) is 1. The van der Waals surface area contributed by atoms with Gasteiger partial charge in [-0.1, -0.05) is 67.9 Å². The summed E-state index contributed by atoms with van der Waals surface area (Å²) >= 11 is 3.25. The van der Waals surface area contributed by atoms with Gasteiger partial charge < -0.3 is 5.32 Å². The Kier molecular flexibility index (Phi) is 7.16. The molecule has 1 aliphatic rings. The molecular weight excluding hydrogens is 300 g/mol. The summed E-state index contributed by atoms with van der Waals surface area (Å²) in [6, 6.07) is 8.18. The standard InChI is InChI=1S/C16H22N2OS2/c1-2-3-4-7-10-17-15(19)12-21-16-18-14-9-6-5-8-13(14)11-20-16/h5-6,8-9H,2-4,7,10-12H2,1H3,(H,17,19). The van der Waals surface area contributed by atoms with Crippen LogP contribution in [0.4, 0.5) is 5.69 Å². The zero-order chi connectivity index (χ0) is 14.9. The van der Waals surface area contributed by atoms with Crippen molar-refractivity contribution in [3.05, 3.63) is 29.8 Å². The first kappa shape index (κ1) is 16.4. The summed E-state index contributed by atoms with van der Waals surface area (Å²) in [6.45, 7) is 2.98. The number of benzene rings is 1. The van der Waals surface area contributed by atoms with E-state index in [1.54, 1.807) is 11.8 Å². The Morgan fingerprint density at radius 2 is 2.19 bits per heavy atom. The molecule has 0 saturated heterocycles. The van der Waals surface area contributed by atoms with Crippen molar-refractivity contribution in [2.75, 3.05) is 12.3 Å². The van der Waals surface area contributed by atoms with Crippen LogP contribution in [0.1, 0.15) is 38.2 Å². The lowest BCUT2D eigenvalue weighted by Gasteiger charge is -2.14. The Labute approximate surface area is 135 Å². The molecule has 0 saturated carbocycles. The molecule has 0 aromatic heterocycles. The molecule has 0 radical (unpaired) electrons. The lowest BCUT2D eigenvalue weighted by molar-refractivity contribution is -0.118. The highest BCUT2D eigenvalue weighted by Crippen LogP contribution is 2.34. The highest BCUT2D eigenvalue weighted by Gasteiger charge is 2.13. The fourth-order valence-electron chi connectivity index (χ4n) is 2.04. The lowest BCUT2D eigenvalue weighted by Crippen LogP contribution is -2.26. The van der Waals surface area contributed by atoms with Crippen LogP contribution in [-0.4, -0.2) is 22.6 Å². The van der Waals surface area contributed by atoms with E-state index < -0.39 is 0 Å². The van der Waals surface area contributed by atoms with Crippen LogP contribution in [-0.2, 0) is 10.5 Å². The highest BCUT2D eigenvalue weighted by molar-refractivity contribution is 8.38. The number of carbonyl (C=O) groups excluding carboxylic acids is 1. The van der Waals surface area contributed by atoms with Gasteiger partial charge in [0.25, 0.3) is 0 Å². The normalized spacial score (nSPS) is 13.5. The van der Waals surface area contributed by atoms with Gasteiger partial charge in [0, 0.05) is 12.3 Å². The fourth-order valence-corrected chi connectivity index (χ4v) is 3.94. The summed E-state index contributed by atoms with van der Waals surface area (Å²) in [4.78, 5) is 16.4. The van der Waals surface area contributed by atoms with Crippen molar-refractivity contribution in [3.8, 4) is 0 Å². The van der Waals surface area contributed by atoms with Crippen LogP contribution in [0, 0.1) is 0 Å². The number of rotatable bonds is 7. The second-order valence-corrected chi connectivity index (χ2v) is 7.18. The molecule has 1 N–H and O–H groups in total. The number of fused-ring (bicyclic) bond motifs is 1. The summed E-state index contributed by atoms with van der Waals surface area (Å²) in [7, 11) is 0. The van der Waals surface area contributed by atoms with E-state index in [0.29, 0.717) is 5.75 Å². The number of aliphatic imine (C=N–C) groups is 1. The maximum absolute atomic E-state index is 11.8. The zero-order valence-electron chi connectivity index (χ0n) is 12.4. The van der Waals surface area contributed by atoms with E-state index in [2.05, 4.69) is 23.3 Å². The van der Waals surface area contributed by atoms with Gasteiger partial charge >= 0.3 is 0 Å². The summed E-state index contributed by atoms with van der Waals surface area (Å²) in [6.07, 6.45) is 4.75. The molecule has 114 valence electrons. The van der Waals surface area contributed by atoms with E-state index in [0.717, 1.165) is 28.8 Å². The van der Waals surface area contributed by atoms with Crippen LogP contribution in [0.25, 0.3) is 0 Å². The quantitative estimate of drug-likeness (QED) is 0.759. The Bertz CT molecular complexity index is 503.